The first-order valence-corrected chi connectivity index (χ1v) is 7.99. The fourth-order valence-corrected chi connectivity index (χ4v) is 3.45. The van der Waals surface area contributed by atoms with Gasteiger partial charge in [-0.1, -0.05) is 65.9 Å². The second kappa shape index (κ2) is 5.27. The highest BCUT2D eigenvalue weighted by Gasteiger charge is 2.16. The minimum atomic E-state index is -0.0280. The number of aromatic hydroxyl groups is 1. The molecule has 0 aliphatic carbocycles. The van der Waals surface area contributed by atoms with Crippen LogP contribution in [0.25, 0.3) is 32.7 Å². The van der Waals surface area contributed by atoms with Crippen LogP contribution < -0.4 is 5.11 Å². The van der Waals surface area contributed by atoms with Crippen molar-refractivity contribution in [2.75, 3.05) is 0 Å². The fourth-order valence-electron chi connectivity index (χ4n) is 3.45. The van der Waals surface area contributed by atoms with Crippen LogP contribution in [0.15, 0.2) is 60.7 Å². The molecule has 0 aliphatic rings. The number of hydrogen-bond donors (Lipinski definition) is 1. The van der Waals surface area contributed by atoms with Gasteiger partial charge in [-0.15, -0.1) is 0 Å². The summed E-state index contributed by atoms with van der Waals surface area (Å²) < 4.78 is 0. The molecule has 24 heavy (non-hydrogen) atoms. The lowest BCUT2D eigenvalue weighted by Gasteiger charge is -2.22. The molecule has 2 heteroatoms. The first kappa shape index (κ1) is 14.6. The Kier molecular flexibility index (Phi) is 3.20. The third-order valence-corrected chi connectivity index (χ3v) is 4.65. The summed E-state index contributed by atoms with van der Waals surface area (Å²) in [7, 11) is 0. The maximum Gasteiger partial charge on any atom is 0.126 e. The molecule has 0 spiro atoms. The van der Waals surface area contributed by atoms with E-state index in [1.165, 1.54) is 0 Å². The highest BCUT2D eigenvalue weighted by molar-refractivity contribution is 6.10. The Balaban J connectivity index is 2.26. The molecular weight excluding hydrogens is 296 g/mol. The Morgan fingerprint density at radius 1 is 0.708 bits per heavy atom. The molecule has 118 valence electrons. The van der Waals surface area contributed by atoms with Crippen LogP contribution in [0.3, 0.4) is 0 Å². The van der Waals surface area contributed by atoms with Gasteiger partial charge in [0.15, 0.2) is 0 Å². The second-order valence-electron chi connectivity index (χ2n) is 6.26. The molecule has 0 amide bonds. The monoisotopic (exact) mass is 313 g/mol. The van der Waals surface area contributed by atoms with Crippen LogP contribution in [-0.2, 0) is 0 Å². The molecule has 0 aromatic heterocycles. The van der Waals surface area contributed by atoms with Gasteiger partial charge in [-0.3, -0.25) is 0 Å². The van der Waals surface area contributed by atoms with Crippen molar-refractivity contribution in [3.05, 3.63) is 71.8 Å². The third kappa shape index (κ3) is 2.04. The average Bonchev–Trinajstić information content (AvgIpc) is 2.58. The van der Waals surface area contributed by atoms with Crippen LogP contribution in [0.5, 0.6) is 11.5 Å². The Hall–Kier alpha value is -3.00. The molecule has 4 aromatic rings. The Morgan fingerprint density at radius 2 is 1.21 bits per heavy atom. The maximum absolute atomic E-state index is 13.0. The second-order valence-corrected chi connectivity index (χ2v) is 6.26. The van der Waals surface area contributed by atoms with Crippen LogP contribution in [-0.4, -0.2) is 5.11 Å². The van der Waals surface area contributed by atoms with Crippen LogP contribution in [0.1, 0.15) is 11.1 Å². The lowest BCUT2D eigenvalue weighted by molar-refractivity contribution is -0.268. The zero-order valence-electron chi connectivity index (χ0n) is 13.6. The van der Waals surface area contributed by atoms with E-state index in [1.807, 2.05) is 74.5 Å². The van der Waals surface area contributed by atoms with E-state index in [0.29, 0.717) is 16.7 Å². The Morgan fingerprint density at radius 3 is 1.83 bits per heavy atom. The fraction of sp³-hybridized carbons (Fsp3) is 0.0909. The molecule has 0 bridgehead atoms. The minimum Gasteiger partial charge on any atom is -0.872 e. The third-order valence-electron chi connectivity index (χ3n) is 4.65. The van der Waals surface area contributed by atoms with Gasteiger partial charge in [-0.05, 0) is 52.6 Å². The predicted octanol–water partition coefficient (Wildman–Crippen LogP) is 5.06. The molecule has 0 aliphatic heterocycles. The molecule has 0 unspecified atom stereocenters. The highest BCUT2D eigenvalue weighted by Crippen LogP contribution is 2.46. The lowest BCUT2D eigenvalue weighted by Crippen LogP contribution is -1.99. The van der Waals surface area contributed by atoms with E-state index in [9.17, 15) is 10.2 Å². The molecule has 0 saturated carbocycles. The quantitative estimate of drug-likeness (QED) is 0.534. The first-order valence-electron chi connectivity index (χ1n) is 7.99. The molecule has 4 rings (SSSR count). The summed E-state index contributed by atoms with van der Waals surface area (Å²) >= 11 is 0. The summed E-state index contributed by atoms with van der Waals surface area (Å²) in [4.78, 5) is 0. The van der Waals surface area contributed by atoms with Crippen molar-refractivity contribution < 1.29 is 10.2 Å². The van der Waals surface area contributed by atoms with Gasteiger partial charge in [0.1, 0.15) is 5.75 Å². The van der Waals surface area contributed by atoms with E-state index in [0.717, 1.165) is 27.1 Å². The van der Waals surface area contributed by atoms with Crippen molar-refractivity contribution in [2.24, 2.45) is 0 Å². The van der Waals surface area contributed by atoms with Crippen molar-refractivity contribution in [3.63, 3.8) is 0 Å². The smallest absolute Gasteiger partial charge is 0.126 e. The minimum absolute atomic E-state index is 0.0280. The van der Waals surface area contributed by atoms with Crippen molar-refractivity contribution in [1.82, 2.24) is 0 Å². The van der Waals surface area contributed by atoms with Crippen molar-refractivity contribution in [1.29, 1.82) is 0 Å². The summed E-state index contributed by atoms with van der Waals surface area (Å²) in [6, 6.07) is 19.6. The standard InChI is InChI=1S/C22H18O2/c1-13-11-15-7-3-5-9-17(15)19(21(13)23)20-18-10-6-4-8-16(18)12-14(2)22(20)24/h3-12,23-24H,1-2H3/p-1. The van der Waals surface area contributed by atoms with Gasteiger partial charge < -0.3 is 10.2 Å². The largest absolute Gasteiger partial charge is 0.872 e. The normalized spacial score (nSPS) is 11.2. The van der Waals surface area contributed by atoms with Gasteiger partial charge in [-0.25, -0.2) is 0 Å². The summed E-state index contributed by atoms with van der Waals surface area (Å²) in [5.74, 6) is 0.154. The van der Waals surface area contributed by atoms with Gasteiger partial charge in [-0.2, -0.15) is 0 Å². The van der Waals surface area contributed by atoms with Crippen molar-refractivity contribution >= 4 is 21.5 Å². The van der Waals surface area contributed by atoms with E-state index in [2.05, 4.69) is 0 Å². The number of aryl methyl sites for hydroxylation is 2. The average molecular weight is 313 g/mol. The van der Waals surface area contributed by atoms with Crippen LogP contribution >= 0.6 is 0 Å². The van der Waals surface area contributed by atoms with E-state index >= 15 is 0 Å². The van der Waals surface area contributed by atoms with Gasteiger partial charge in [0.05, 0.1) is 0 Å². The van der Waals surface area contributed by atoms with Crippen LogP contribution in [0, 0.1) is 13.8 Å². The van der Waals surface area contributed by atoms with Gasteiger partial charge in [0.25, 0.3) is 0 Å². The SMILES string of the molecule is Cc1cc2ccccc2c(-c2c(O)c(C)cc3ccccc23)c1[O-]. The number of phenols is 1. The zero-order valence-corrected chi connectivity index (χ0v) is 13.6. The van der Waals surface area contributed by atoms with Crippen LogP contribution in [0.2, 0.25) is 0 Å². The van der Waals surface area contributed by atoms with Crippen molar-refractivity contribution in [2.45, 2.75) is 13.8 Å². The lowest BCUT2D eigenvalue weighted by atomic mass is 9.89. The van der Waals surface area contributed by atoms with Gasteiger partial charge >= 0.3 is 0 Å². The summed E-state index contributed by atoms with van der Waals surface area (Å²) in [5.41, 5.74) is 2.68. The van der Waals surface area contributed by atoms with Crippen LogP contribution in [0.4, 0.5) is 0 Å². The predicted molar refractivity (Wildman–Crippen MR) is 97.5 cm³/mol. The molecule has 4 aromatic carbocycles. The van der Waals surface area contributed by atoms with Gasteiger partial charge in [0, 0.05) is 5.56 Å². The van der Waals surface area contributed by atoms with E-state index in [4.69, 9.17) is 0 Å². The molecule has 0 saturated heterocycles. The topological polar surface area (TPSA) is 43.3 Å². The molecule has 0 atom stereocenters. The Bertz CT molecular complexity index is 1000. The summed E-state index contributed by atoms with van der Waals surface area (Å²) in [6.07, 6.45) is 0. The molecule has 1 N–H and O–H groups in total. The number of benzene rings is 4. The number of rotatable bonds is 1. The number of fused-ring (bicyclic) bond motifs is 2. The van der Waals surface area contributed by atoms with E-state index in [-0.39, 0.29) is 11.5 Å². The number of phenolic OH excluding ortho intramolecular Hbond substituents is 1. The summed E-state index contributed by atoms with van der Waals surface area (Å²) in [6.45, 7) is 3.70. The molecular formula is C22H17O2-. The molecule has 0 fully saturated rings. The summed E-state index contributed by atoms with van der Waals surface area (Å²) in [5, 5.41) is 27.6. The van der Waals surface area contributed by atoms with E-state index < -0.39 is 0 Å². The first-order chi connectivity index (χ1) is 11.6. The Labute approximate surface area is 140 Å². The molecule has 0 heterocycles. The molecule has 2 nitrogen and oxygen atoms in total. The molecule has 0 radical (unpaired) electrons. The zero-order chi connectivity index (χ0) is 16.8. The highest BCUT2D eigenvalue weighted by atomic mass is 16.3. The van der Waals surface area contributed by atoms with Crippen molar-refractivity contribution in [3.8, 4) is 22.6 Å². The van der Waals surface area contributed by atoms with Gasteiger partial charge in [0.2, 0.25) is 0 Å². The number of hydrogen-bond acceptors (Lipinski definition) is 2. The maximum atomic E-state index is 13.0. The van der Waals surface area contributed by atoms with E-state index in [1.54, 1.807) is 0 Å².